The molecule has 2 nitrogen and oxygen atoms in total. The summed E-state index contributed by atoms with van der Waals surface area (Å²) in [7, 11) is 0. The molecule has 2 N–H and O–H groups in total. The van der Waals surface area contributed by atoms with Gasteiger partial charge in [-0.05, 0) is 59.3 Å². The second-order valence-electron chi connectivity index (χ2n) is 4.86. The zero-order valence-electron chi connectivity index (χ0n) is 9.76. The number of hydrogen-bond donors (Lipinski definition) is 2. The van der Waals surface area contributed by atoms with Crippen molar-refractivity contribution in [3.05, 3.63) is 27.7 Å². The molecule has 0 bridgehead atoms. The topological polar surface area (TPSA) is 32.3 Å². The van der Waals surface area contributed by atoms with Crippen molar-refractivity contribution in [2.24, 2.45) is 11.8 Å². The van der Waals surface area contributed by atoms with Crippen LogP contribution in [-0.2, 0) is 6.54 Å². The van der Waals surface area contributed by atoms with Gasteiger partial charge in [0, 0.05) is 12.1 Å². The Bertz CT molecular complexity index is 392. The molecule has 1 aliphatic carbocycles. The Hall–Kier alpha value is -0.540. The lowest BCUT2D eigenvalue weighted by atomic mass is 10.1. The van der Waals surface area contributed by atoms with Crippen LogP contribution in [0.25, 0.3) is 0 Å². The van der Waals surface area contributed by atoms with E-state index in [0.29, 0.717) is 5.75 Å². The minimum Gasteiger partial charge on any atom is -0.506 e. The lowest BCUT2D eigenvalue weighted by molar-refractivity contribution is 0.460. The summed E-state index contributed by atoms with van der Waals surface area (Å²) in [5.74, 6) is 2.09. The molecule has 0 saturated heterocycles. The zero-order chi connectivity index (χ0) is 11.7. The number of aromatic hydroxyl groups is 1. The van der Waals surface area contributed by atoms with E-state index >= 15 is 0 Å². The second-order valence-corrected chi connectivity index (χ2v) is 5.71. The molecule has 1 aromatic rings. The molecule has 0 aromatic heterocycles. The van der Waals surface area contributed by atoms with E-state index in [1.54, 1.807) is 0 Å². The fourth-order valence-electron chi connectivity index (χ4n) is 2.02. The molecule has 88 valence electrons. The maximum Gasteiger partial charge on any atom is 0.134 e. The quantitative estimate of drug-likeness (QED) is 0.890. The van der Waals surface area contributed by atoms with Gasteiger partial charge in [0.25, 0.3) is 0 Å². The number of nitrogens with one attached hydrogen (secondary N) is 1. The first-order valence-electron chi connectivity index (χ1n) is 5.76. The van der Waals surface area contributed by atoms with Gasteiger partial charge >= 0.3 is 0 Å². The summed E-state index contributed by atoms with van der Waals surface area (Å²) in [6.07, 6.45) is 1.34. The van der Waals surface area contributed by atoms with E-state index < -0.39 is 0 Å². The summed E-state index contributed by atoms with van der Waals surface area (Å²) in [5.41, 5.74) is 2.14. The van der Waals surface area contributed by atoms with Crippen LogP contribution in [0.1, 0.15) is 24.5 Å². The van der Waals surface area contributed by atoms with Crippen LogP contribution in [0.2, 0.25) is 0 Å². The van der Waals surface area contributed by atoms with Crippen LogP contribution >= 0.6 is 15.9 Å². The average molecular weight is 284 g/mol. The van der Waals surface area contributed by atoms with Crippen molar-refractivity contribution in [1.82, 2.24) is 5.32 Å². The van der Waals surface area contributed by atoms with Crippen molar-refractivity contribution < 1.29 is 5.11 Å². The molecular weight excluding hydrogens is 266 g/mol. The number of hydrogen-bond acceptors (Lipinski definition) is 2. The highest BCUT2D eigenvalue weighted by Gasteiger charge is 2.31. The van der Waals surface area contributed by atoms with Crippen molar-refractivity contribution >= 4 is 15.9 Å². The third kappa shape index (κ3) is 2.77. The SMILES string of the molecule is Cc1cc(Br)c(O)c(CNCC2CC2C)c1. The molecule has 0 heterocycles. The first-order chi connectivity index (χ1) is 7.58. The minimum absolute atomic E-state index is 0.363. The molecule has 2 unspecified atom stereocenters. The molecule has 1 aromatic carbocycles. The number of benzene rings is 1. The molecule has 0 spiro atoms. The molecule has 0 radical (unpaired) electrons. The number of halogens is 1. The van der Waals surface area contributed by atoms with Crippen molar-refractivity contribution in [1.29, 1.82) is 0 Å². The van der Waals surface area contributed by atoms with E-state index in [9.17, 15) is 5.11 Å². The highest BCUT2D eigenvalue weighted by atomic mass is 79.9. The number of phenolic OH excluding ortho intramolecular Hbond substituents is 1. The maximum absolute atomic E-state index is 9.87. The summed E-state index contributed by atoms with van der Waals surface area (Å²) in [6.45, 7) is 6.13. The number of aryl methyl sites for hydroxylation is 1. The van der Waals surface area contributed by atoms with Gasteiger partial charge in [0.1, 0.15) is 5.75 Å². The largest absolute Gasteiger partial charge is 0.506 e. The number of rotatable bonds is 4. The van der Waals surface area contributed by atoms with Crippen molar-refractivity contribution in [2.75, 3.05) is 6.54 Å². The highest BCUT2D eigenvalue weighted by molar-refractivity contribution is 9.10. The second kappa shape index (κ2) is 4.76. The molecule has 1 aliphatic rings. The Labute approximate surface area is 105 Å². The Balaban J connectivity index is 1.93. The molecule has 3 heteroatoms. The smallest absolute Gasteiger partial charge is 0.134 e. The van der Waals surface area contributed by atoms with Gasteiger partial charge in [-0.1, -0.05) is 13.0 Å². The van der Waals surface area contributed by atoms with E-state index in [0.717, 1.165) is 35.0 Å². The third-order valence-corrected chi connectivity index (χ3v) is 3.89. The fraction of sp³-hybridized carbons (Fsp3) is 0.538. The third-order valence-electron chi connectivity index (χ3n) is 3.28. The normalized spacial score (nSPS) is 23.4. The monoisotopic (exact) mass is 283 g/mol. The van der Waals surface area contributed by atoms with Gasteiger partial charge in [-0.15, -0.1) is 0 Å². The Kier molecular flexibility index (Phi) is 3.55. The van der Waals surface area contributed by atoms with E-state index in [1.807, 2.05) is 19.1 Å². The summed E-state index contributed by atoms with van der Waals surface area (Å²) in [4.78, 5) is 0. The van der Waals surface area contributed by atoms with Crippen LogP contribution in [0.4, 0.5) is 0 Å². The summed E-state index contributed by atoms with van der Waals surface area (Å²) < 4.78 is 0.782. The van der Waals surface area contributed by atoms with Crippen LogP contribution in [0.3, 0.4) is 0 Å². The lowest BCUT2D eigenvalue weighted by Crippen LogP contribution is -2.17. The molecule has 16 heavy (non-hydrogen) atoms. The summed E-state index contributed by atoms with van der Waals surface area (Å²) in [5, 5.41) is 13.3. The summed E-state index contributed by atoms with van der Waals surface area (Å²) >= 11 is 3.36. The van der Waals surface area contributed by atoms with Gasteiger partial charge < -0.3 is 10.4 Å². The molecule has 2 rings (SSSR count). The molecule has 2 atom stereocenters. The molecule has 1 fully saturated rings. The molecule has 0 aliphatic heterocycles. The van der Waals surface area contributed by atoms with Crippen LogP contribution in [0.5, 0.6) is 5.75 Å². The minimum atomic E-state index is 0.363. The van der Waals surface area contributed by atoms with Crippen molar-refractivity contribution in [2.45, 2.75) is 26.8 Å². The average Bonchev–Trinajstić information content (AvgIpc) is 2.90. The first-order valence-corrected chi connectivity index (χ1v) is 6.56. The predicted octanol–water partition coefficient (Wildman–Crippen LogP) is 3.21. The van der Waals surface area contributed by atoms with Gasteiger partial charge in [-0.2, -0.15) is 0 Å². The maximum atomic E-state index is 9.87. The highest BCUT2D eigenvalue weighted by Crippen LogP contribution is 2.37. The van der Waals surface area contributed by atoms with Crippen LogP contribution in [0, 0.1) is 18.8 Å². The van der Waals surface area contributed by atoms with Crippen molar-refractivity contribution in [3.63, 3.8) is 0 Å². The van der Waals surface area contributed by atoms with E-state index in [1.165, 1.54) is 12.0 Å². The van der Waals surface area contributed by atoms with E-state index in [-0.39, 0.29) is 0 Å². The Morgan fingerprint density at radius 2 is 2.19 bits per heavy atom. The lowest BCUT2D eigenvalue weighted by Gasteiger charge is -2.09. The van der Waals surface area contributed by atoms with Crippen LogP contribution in [0.15, 0.2) is 16.6 Å². The van der Waals surface area contributed by atoms with Crippen LogP contribution in [-0.4, -0.2) is 11.7 Å². The number of phenols is 1. The predicted molar refractivity (Wildman–Crippen MR) is 69.5 cm³/mol. The van der Waals surface area contributed by atoms with E-state index in [4.69, 9.17) is 0 Å². The zero-order valence-corrected chi connectivity index (χ0v) is 11.3. The summed E-state index contributed by atoms with van der Waals surface area (Å²) in [6, 6.07) is 3.96. The first kappa shape index (κ1) is 11.9. The standard InChI is InChI=1S/C13H18BrNO/c1-8-3-11(13(16)12(14)4-8)7-15-6-10-5-9(10)2/h3-4,9-10,15-16H,5-7H2,1-2H3. The van der Waals surface area contributed by atoms with E-state index in [2.05, 4.69) is 28.2 Å². The molecule has 0 amide bonds. The van der Waals surface area contributed by atoms with Gasteiger partial charge in [-0.25, -0.2) is 0 Å². The van der Waals surface area contributed by atoms with Gasteiger partial charge in [0.05, 0.1) is 4.47 Å². The Morgan fingerprint density at radius 3 is 2.81 bits per heavy atom. The molecular formula is C13H18BrNO. The van der Waals surface area contributed by atoms with Crippen LogP contribution < -0.4 is 5.32 Å². The van der Waals surface area contributed by atoms with Crippen molar-refractivity contribution in [3.8, 4) is 5.75 Å². The van der Waals surface area contributed by atoms with Gasteiger partial charge in [0.2, 0.25) is 0 Å². The molecule has 1 saturated carbocycles. The van der Waals surface area contributed by atoms with Gasteiger partial charge in [0.15, 0.2) is 0 Å². The Morgan fingerprint density at radius 1 is 1.50 bits per heavy atom. The van der Waals surface area contributed by atoms with Gasteiger partial charge in [-0.3, -0.25) is 0 Å². The fourth-order valence-corrected chi connectivity index (χ4v) is 2.63.